The molecule has 0 saturated carbocycles. The topological polar surface area (TPSA) is 95.0 Å². The van der Waals surface area contributed by atoms with Gasteiger partial charge in [0.2, 0.25) is 5.91 Å². The van der Waals surface area contributed by atoms with Crippen LogP contribution in [0.3, 0.4) is 0 Å². The van der Waals surface area contributed by atoms with Crippen LogP contribution in [0, 0.1) is 5.82 Å². The molecule has 1 unspecified atom stereocenters. The Bertz CT molecular complexity index is 1540. The molecule has 5 aromatic rings. The van der Waals surface area contributed by atoms with Crippen LogP contribution in [0.4, 0.5) is 4.39 Å². The summed E-state index contributed by atoms with van der Waals surface area (Å²) >= 11 is 0. The summed E-state index contributed by atoms with van der Waals surface area (Å²) in [4.78, 5) is 12.7. The number of carbonyl (C=O) groups is 1. The van der Waals surface area contributed by atoms with Gasteiger partial charge in [0.25, 0.3) is 0 Å². The number of amides is 1. The largest absolute Gasteiger partial charge is 0.493 e. The molecule has 10 heteroatoms. The molecule has 1 atom stereocenters. The van der Waals surface area contributed by atoms with Gasteiger partial charge in [-0.25, -0.2) is 8.91 Å². The SMILES string of the molecule is COc1ccc(C(C)NC(=O)CCc2nnc3c4cc(-c5ccc(F)cc5)nn4ccn23)cc1OC. The maximum atomic E-state index is 13.3. The first-order valence-corrected chi connectivity index (χ1v) is 11.5. The number of halogens is 1. The zero-order chi connectivity index (χ0) is 25.2. The first-order valence-electron chi connectivity index (χ1n) is 11.5. The molecule has 36 heavy (non-hydrogen) atoms. The van der Waals surface area contributed by atoms with E-state index in [9.17, 15) is 9.18 Å². The van der Waals surface area contributed by atoms with Crippen LogP contribution in [0.15, 0.2) is 60.9 Å². The average Bonchev–Trinajstić information content (AvgIpc) is 3.51. The summed E-state index contributed by atoms with van der Waals surface area (Å²) in [7, 11) is 3.16. The Morgan fingerprint density at radius 2 is 1.81 bits per heavy atom. The lowest BCUT2D eigenvalue weighted by Gasteiger charge is -2.16. The van der Waals surface area contributed by atoms with Gasteiger partial charge in [-0.05, 0) is 55.0 Å². The summed E-state index contributed by atoms with van der Waals surface area (Å²) in [6.45, 7) is 1.92. The molecule has 5 rings (SSSR count). The van der Waals surface area contributed by atoms with Crippen LogP contribution in [-0.4, -0.2) is 44.3 Å². The number of methoxy groups -OCH3 is 2. The third kappa shape index (κ3) is 4.45. The number of benzene rings is 2. The maximum Gasteiger partial charge on any atom is 0.220 e. The van der Waals surface area contributed by atoms with E-state index in [1.54, 1.807) is 37.1 Å². The molecule has 2 aromatic carbocycles. The Morgan fingerprint density at radius 1 is 1.03 bits per heavy atom. The molecule has 0 radical (unpaired) electrons. The van der Waals surface area contributed by atoms with Gasteiger partial charge in [0.1, 0.15) is 17.2 Å². The molecular formula is C26H25FN6O3. The minimum Gasteiger partial charge on any atom is -0.493 e. The van der Waals surface area contributed by atoms with Crippen molar-refractivity contribution in [1.29, 1.82) is 0 Å². The minimum atomic E-state index is -0.297. The van der Waals surface area contributed by atoms with Gasteiger partial charge in [-0.2, -0.15) is 5.10 Å². The van der Waals surface area contributed by atoms with Gasteiger partial charge in [0, 0.05) is 30.8 Å². The van der Waals surface area contributed by atoms with E-state index in [4.69, 9.17) is 9.47 Å². The maximum absolute atomic E-state index is 13.3. The van der Waals surface area contributed by atoms with Gasteiger partial charge >= 0.3 is 0 Å². The Labute approximate surface area is 206 Å². The summed E-state index contributed by atoms with van der Waals surface area (Å²) in [6, 6.07) is 13.4. The van der Waals surface area contributed by atoms with E-state index >= 15 is 0 Å². The molecule has 0 bridgehead atoms. The second kappa shape index (κ2) is 9.65. The molecule has 1 amide bonds. The van der Waals surface area contributed by atoms with Crippen molar-refractivity contribution in [3.05, 3.63) is 78.1 Å². The Hall–Kier alpha value is -4.47. The number of carbonyl (C=O) groups excluding carboxylic acids is 1. The van der Waals surface area contributed by atoms with E-state index in [1.807, 2.05) is 41.8 Å². The van der Waals surface area contributed by atoms with Crippen molar-refractivity contribution in [2.24, 2.45) is 0 Å². The molecule has 0 aliphatic carbocycles. The van der Waals surface area contributed by atoms with Crippen molar-refractivity contribution >= 4 is 17.1 Å². The number of aromatic nitrogens is 5. The van der Waals surface area contributed by atoms with Gasteiger partial charge in [-0.3, -0.25) is 9.20 Å². The lowest BCUT2D eigenvalue weighted by molar-refractivity contribution is -0.121. The van der Waals surface area contributed by atoms with Crippen molar-refractivity contribution < 1.29 is 18.7 Å². The zero-order valence-corrected chi connectivity index (χ0v) is 20.1. The van der Waals surface area contributed by atoms with Crippen LogP contribution in [0.1, 0.15) is 30.8 Å². The number of nitrogens with one attached hydrogen (secondary N) is 1. The molecule has 0 saturated heterocycles. The molecule has 184 valence electrons. The van der Waals surface area contributed by atoms with Gasteiger partial charge in [0.15, 0.2) is 17.1 Å². The molecule has 0 fully saturated rings. The van der Waals surface area contributed by atoms with Crippen molar-refractivity contribution in [3.8, 4) is 22.8 Å². The van der Waals surface area contributed by atoms with Gasteiger partial charge in [-0.1, -0.05) is 6.07 Å². The number of ether oxygens (including phenoxy) is 2. The number of nitrogens with zero attached hydrogens (tertiary/aromatic N) is 5. The van der Waals surface area contributed by atoms with E-state index in [1.165, 1.54) is 12.1 Å². The van der Waals surface area contributed by atoms with Crippen LogP contribution in [-0.2, 0) is 11.2 Å². The van der Waals surface area contributed by atoms with Gasteiger partial charge in [0.05, 0.1) is 26.0 Å². The van der Waals surface area contributed by atoms with E-state index < -0.39 is 0 Å². The van der Waals surface area contributed by atoms with Gasteiger partial charge in [-0.15, -0.1) is 10.2 Å². The Balaban J connectivity index is 1.29. The highest BCUT2D eigenvalue weighted by atomic mass is 19.1. The summed E-state index contributed by atoms with van der Waals surface area (Å²) in [6.07, 6.45) is 4.30. The molecule has 3 heterocycles. The summed E-state index contributed by atoms with van der Waals surface area (Å²) in [5.74, 6) is 1.52. The predicted molar refractivity (Wildman–Crippen MR) is 132 cm³/mol. The number of fused-ring (bicyclic) bond motifs is 3. The molecule has 0 spiro atoms. The van der Waals surface area contributed by atoms with Crippen LogP contribution in [0.2, 0.25) is 0 Å². The minimum absolute atomic E-state index is 0.0990. The quantitative estimate of drug-likeness (QED) is 0.355. The second-order valence-electron chi connectivity index (χ2n) is 8.38. The van der Waals surface area contributed by atoms with Crippen LogP contribution < -0.4 is 14.8 Å². The molecule has 0 aliphatic heterocycles. The summed E-state index contributed by atoms with van der Waals surface area (Å²) in [5, 5.41) is 16.2. The van der Waals surface area contributed by atoms with E-state index in [0.29, 0.717) is 35.1 Å². The third-order valence-corrected chi connectivity index (χ3v) is 6.09. The zero-order valence-electron chi connectivity index (χ0n) is 20.1. The molecule has 1 N–H and O–H groups in total. The average molecular weight is 489 g/mol. The number of rotatable bonds is 8. The normalized spacial score (nSPS) is 12.1. The smallest absolute Gasteiger partial charge is 0.220 e. The summed E-state index contributed by atoms with van der Waals surface area (Å²) in [5.41, 5.74) is 3.82. The highest BCUT2D eigenvalue weighted by Gasteiger charge is 2.16. The second-order valence-corrected chi connectivity index (χ2v) is 8.38. The lowest BCUT2D eigenvalue weighted by Crippen LogP contribution is -2.27. The molecule has 9 nitrogen and oxygen atoms in total. The highest BCUT2D eigenvalue weighted by Crippen LogP contribution is 2.30. The Kier molecular flexibility index (Phi) is 6.24. The van der Waals surface area contributed by atoms with Crippen LogP contribution >= 0.6 is 0 Å². The number of hydrogen-bond acceptors (Lipinski definition) is 6. The lowest BCUT2D eigenvalue weighted by atomic mass is 10.1. The number of hydrogen-bond donors (Lipinski definition) is 1. The molecular weight excluding hydrogens is 463 g/mol. The Morgan fingerprint density at radius 3 is 2.56 bits per heavy atom. The standard InChI is InChI=1S/C26H25FN6O3/c1-16(18-6-9-22(35-2)23(14-18)36-3)28-25(34)11-10-24-29-30-26-21-15-20(17-4-7-19(27)8-5-17)31-33(21)13-12-32(24)26/h4-9,12-16H,10-11H2,1-3H3,(H,28,34). The van der Waals surface area contributed by atoms with Crippen molar-refractivity contribution in [1.82, 2.24) is 29.5 Å². The fraction of sp³-hybridized carbons (Fsp3) is 0.231. The fourth-order valence-electron chi connectivity index (χ4n) is 4.14. The summed E-state index contributed by atoms with van der Waals surface area (Å²) < 4.78 is 27.5. The van der Waals surface area contributed by atoms with E-state index in [2.05, 4.69) is 20.6 Å². The van der Waals surface area contributed by atoms with Crippen LogP contribution in [0.25, 0.3) is 22.4 Å². The monoisotopic (exact) mass is 488 g/mol. The van der Waals surface area contributed by atoms with Crippen molar-refractivity contribution in [2.45, 2.75) is 25.8 Å². The highest BCUT2D eigenvalue weighted by molar-refractivity contribution is 5.78. The number of aryl methyl sites for hydroxylation is 1. The van der Waals surface area contributed by atoms with E-state index in [0.717, 1.165) is 16.6 Å². The molecule has 3 aromatic heterocycles. The van der Waals surface area contributed by atoms with E-state index in [-0.39, 0.29) is 24.2 Å². The third-order valence-electron chi connectivity index (χ3n) is 6.09. The predicted octanol–water partition coefficient (Wildman–Crippen LogP) is 4.01. The first kappa shape index (κ1) is 23.3. The first-order chi connectivity index (χ1) is 17.5. The van der Waals surface area contributed by atoms with Crippen molar-refractivity contribution in [2.75, 3.05) is 14.2 Å². The molecule has 0 aliphatic rings. The van der Waals surface area contributed by atoms with Crippen molar-refractivity contribution in [3.63, 3.8) is 0 Å². The fourth-order valence-corrected chi connectivity index (χ4v) is 4.14. The van der Waals surface area contributed by atoms with Crippen LogP contribution in [0.5, 0.6) is 11.5 Å². The van der Waals surface area contributed by atoms with Gasteiger partial charge < -0.3 is 14.8 Å².